The van der Waals surface area contributed by atoms with Crippen LogP contribution in [-0.2, 0) is 4.74 Å². The number of thiophene rings is 1. The highest BCUT2D eigenvalue weighted by Gasteiger charge is 2.51. The lowest BCUT2D eigenvalue weighted by atomic mass is 9.81. The van der Waals surface area contributed by atoms with Crippen LogP contribution in [0.15, 0.2) is 66.0 Å². The zero-order chi connectivity index (χ0) is 23.4. The number of quaternary nitrogens is 1. The minimum absolute atomic E-state index is 0.336. The number of benzene rings is 2. The lowest BCUT2D eigenvalue weighted by Gasteiger charge is -2.53. The van der Waals surface area contributed by atoms with E-state index in [4.69, 9.17) is 21.1 Å². The number of anilines is 1. The number of hydrogen-bond acceptors (Lipinski definition) is 4. The average Bonchev–Trinajstić information content (AvgIpc) is 3.32. The third-order valence-corrected chi connectivity index (χ3v) is 8.41. The van der Waals surface area contributed by atoms with Crippen LogP contribution in [0.2, 0.25) is 5.02 Å². The van der Waals surface area contributed by atoms with E-state index in [9.17, 15) is 4.79 Å². The molecule has 7 heteroatoms. The summed E-state index contributed by atoms with van der Waals surface area (Å²) in [5.41, 5.74) is 1.42. The predicted octanol–water partition coefficient (Wildman–Crippen LogP) is 6.84. The van der Waals surface area contributed by atoms with Crippen LogP contribution in [0, 0.1) is 0 Å². The summed E-state index contributed by atoms with van der Waals surface area (Å²) in [6.07, 6.45) is 3.44. The molecule has 2 bridgehead atoms. The maximum Gasteiger partial charge on any atom is 0.412 e. The number of piperidine rings is 3. The first-order valence-corrected chi connectivity index (χ1v) is 13.2. The van der Waals surface area contributed by atoms with Crippen molar-refractivity contribution in [1.29, 1.82) is 0 Å². The summed E-state index contributed by atoms with van der Waals surface area (Å²) in [5.74, 6) is 0.933. The number of ether oxygens (including phenoxy) is 2. The Morgan fingerprint density at radius 3 is 2.53 bits per heavy atom. The van der Waals surface area contributed by atoms with E-state index in [1.165, 1.54) is 0 Å². The number of nitrogens with one attached hydrogen (secondary N) is 1. The standard InChI is InChI=1S/C27H29ClN2O3S/c28-22-7-4-6-21(20-22)25-24(10-19-34-25)29-26(31)33-27-11-15-30(16-12-27,17-13-27)14-5-18-32-23-8-2-1-3-9-23/h1-4,6-10,19-20H,5,11-18H2/p+1. The molecule has 0 spiro atoms. The smallest absolute Gasteiger partial charge is 0.412 e. The van der Waals surface area contributed by atoms with Crippen molar-refractivity contribution in [2.24, 2.45) is 0 Å². The first-order chi connectivity index (χ1) is 16.5. The largest absolute Gasteiger partial charge is 0.493 e. The van der Waals surface area contributed by atoms with Crippen molar-refractivity contribution >= 4 is 34.7 Å². The summed E-state index contributed by atoms with van der Waals surface area (Å²) >= 11 is 7.73. The van der Waals surface area contributed by atoms with Crippen molar-refractivity contribution in [2.45, 2.75) is 31.3 Å². The van der Waals surface area contributed by atoms with Crippen molar-refractivity contribution in [3.05, 3.63) is 71.1 Å². The molecule has 0 aliphatic carbocycles. The Balaban J connectivity index is 1.12. The molecule has 3 aliphatic rings. The Morgan fingerprint density at radius 1 is 1.03 bits per heavy atom. The van der Waals surface area contributed by atoms with E-state index in [-0.39, 0.29) is 11.7 Å². The van der Waals surface area contributed by atoms with Crippen LogP contribution < -0.4 is 10.1 Å². The fourth-order valence-electron chi connectivity index (χ4n) is 5.22. The van der Waals surface area contributed by atoms with Crippen LogP contribution in [0.5, 0.6) is 5.75 Å². The first kappa shape index (κ1) is 23.2. The number of fused-ring (bicyclic) bond motifs is 3. The predicted molar refractivity (Wildman–Crippen MR) is 138 cm³/mol. The third kappa shape index (κ3) is 5.24. The van der Waals surface area contributed by atoms with Crippen LogP contribution in [0.3, 0.4) is 0 Å². The quantitative estimate of drug-likeness (QED) is 0.274. The second-order valence-electron chi connectivity index (χ2n) is 9.37. The van der Waals surface area contributed by atoms with Crippen LogP contribution >= 0.6 is 22.9 Å². The Hall–Kier alpha value is -2.54. The molecular formula is C27H30ClN2O3S+. The monoisotopic (exact) mass is 497 g/mol. The highest BCUT2D eigenvalue weighted by atomic mass is 35.5. The van der Waals surface area contributed by atoms with Crippen LogP contribution in [-0.4, -0.2) is 49.0 Å². The van der Waals surface area contributed by atoms with E-state index >= 15 is 0 Å². The van der Waals surface area contributed by atoms with E-state index < -0.39 is 0 Å². The Kier molecular flexibility index (Phi) is 6.82. The molecule has 1 N–H and O–H groups in total. The van der Waals surface area contributed by atoms with Gasteiger partial charge >= 0.3 is 6.09 Å². The molecule has 34 heavy (non-hydrogen) atoms. The summed E-state index contributed by atoms with van der Waals surface area (Å²) in [7, 11) is 0. The number of amides is 1. The Morgan fingerprint density at radius 2 is 1.79 bits per heavy atom. The number of carbonyl (C=O) groups excluding carboxylic acids is 1. The van der Waals surface area contributed by atoms with Gasteiger partial charge in [-0.15, -0.1) is 11.3 Å². The molecule has 0 radical (unpaired) electrons. The van der Waals surface area contributed by atoms with Crippen molar-refractivity contribution in [1.82, 2.24) is 0 Å². The SMILES string of the molecule is O=C(Nc1ccsc1-c1cccc(Cl)c1)OC12CC[N+](CCCOc3ccccc3)(CC1)CC2. The molecule has 178 valence electrons. The minimum atomic E-state index is -0.361. The van der Waals surface area contributed by atoms with Gasteiger partial charge in [0.2, 0.25) is 0 Å². The van der Waals surface area contributed by atoms with Gasteiger partial charge in [0.25, 0.3) is 0 Å². The molecule has 1 amide bonds. The molecule has 6 rings (SSSR count). The molecule has 3 saturated heterocycles. The van der Waals surface area contributed by atoms with E-state index in [2.05, 4.69) is 5.32 Å². The molecule has 1 aromatic heterocycles. The summed E-state index contributed by atoms with van der Waals surface area (Å²) in [4.78, 5) is 13.8. The molecule has 0 unspecified atom stereocenters. The fraction of sp³-hybridized carbons (Fsp3) is 0.370. The Bertz CT molecular complexity index is 1110. The van der Waals surface area contributed by atoms with Gasteiger partial charge in [-0.3, -0.25) is 5.32 Å². The van der Waals surface area contributed by atoms with Gasteiger partial charge in [0.15, 0.2) is 0 Å². The molecule has 3 aliphatic heterocycles. The maximum absolute atomic E-state index is 12.9. The molecule has 0 saturated carbocycles. The van der Waals surface area contributed by atoms with Gasteiger partial charge in [-0.2, -0.15) is 0 Å². The fourth-order valence-corrected chi connectivity index (χ4v) is 6.26. The number of carbonyl (C=O) groups is 1. The van der Waals surface area contributed by atoms with Crippen LogP contribution in [0.1, 0.15) is 25.7 Å². The molecule has 0 atom stereocenters. The number of hydrogen-bond donors (Lipinski definition) is 1. The maximum atomic E-state index is 12.9. The van der Waals surface area contributed by atoms with Crippen molar-refractivity contribution in [3.63, 3.8) is 0 Å². The molecular weight excluding hydrogens is 468 g/mol. The van der Waals surface area contributed by atoms with Gasteiger partial charge in [-0.1, -0.05) is 41.9 Å². The van der Waals surface area contributed by atoms with Gasteiger partial charge in [0, 0.05) is 30.7 Å². The Labute approximate surface area is 209 Å². The van der Waals surface area contributed by atoms with Gasteiger partial charge in [-0.05, 0) is 41.3 Å². The average molecular weight is 498 g/mol. The van der Waals surface area contributed by atoms with Gasteiger partial charge in [0.05, 0.1) is 43.4 Å². The summed E-state index contributed by atoms with van der Waals surface area (Å²) < 4.78 is 13.1. The van der Waals surface area contributed by atoms with Crippen molar-refractivity contribution in [3.8, 4) is 16.2 Å². The molecule has 2 aromatic carbocycles. The lowest BCUT2D eigenvalue weighted by Crippen LogP contribution is -2.65. The van der Waals surface area contributed by atoms with Gasteiger partial charge in [0.1, 0.15) is 11.4 Å². The van der Waals surface area contributed by atoms with Gasteiger partial charge < -0.3 is 14.0 Å². The van der Waals surface area contributed by atoms with Crippen LogP contribution in [0.25, 0.3) is 10.4 Å². The zero-order valence-electron chi connectivity index (χ0n) is 19.2. The first-order valence-electron chi connectivity index (χ1n) is 11.9. The van der Waals surface area contributed by atoms with E-state index in [1.807, 2.05) is 66.0 Å². The number of nitrogens with zero attached hydrogens (tertiary/aromatic N) is 1. The number of rotatable bonds is 8. The topological polar surface area (TPSA) is 47.6 Å². The number of para-hydroxylation sites is 1. The summed E-state index contributed by atoms with van der Waals surface area (Å²) in [6.45, 7) is 5.04. The van der Waals surface area contributed by atoms with Crippen molar-refractivity contribution < 1.29 is 18.8 Å². The highest BCUT2D eigenvalue weighted by Crippen LogP contribution is 2.41. The van der Waals surface area contributed by atoms with E-state index in [1.54, 1.807) is 11.3 Å². The molecule has 5 nitrogen and oxygen atoms in total. The summed E-state index contributed by atoms with van der Waals surface area (Å²) in [6, 6.07) is 19.6. The third-order valence-electron chi connectivity index (χ3n) is 7.21. The molecule has 3 fully saturated rings. The normalized spacial score (nSPS) is 23.4. The zero-order valence-corrected chi connectivity index (χ0v) is 20.7. The second-order valence-corrected chi connectivity index (χ2v) is 10.7. The molecule has 3 aromatic rings. The molecule has 4 heterocycles. The highest BCUT2D eigenvalue weighted by molar-refractivity contribution is 7.14. The second kappa shape index (κ2) is 9.98. The van der Waals surface area contributed by atoms with E-state index in [0.717, 1.165) is 84.8 Å². The van der Waals surface area contributed by atoms with Gasteiger partial charge in [-0.25, -0.2) is 4.79 Å². The van der Waals surface area contributed by atoms with E-state index in [0.29, 0.717) is 5.02 Å². The minimum Gasteiger partial charge on any atom is -0.493 e. The lowest BCUT2D eigenvalue weighted by molar-refractivity contribution is -0.944. The van der Waals surface area contributed by atoms with Crippen molar-refractivity contribution in [2.75, 3.05) is 38.1 Å². The number of halogens is 1. The summed E-state index contributed by atoms with van der Waals surface area (Å²) in [5, 5.41) is 5.63. The van der Waals surface area contributed by atoms with Crippen LogP contribution in [0.4, 0.5) is 10.5 Å².